The summed E-state index contributed by atoms with van der Waals surface area (Å²) in [6.07, 6.45) is 3.41. The van der Waals surface area contributed by atoms with E-state index < -0.39 is 0 Å². The second kappa shape index (κ2) is 6.14. The molecule has 2 saturated heterocycles. The van der Waals surface area contributed by atoms with Crippen LogP contribution in [0.4, 0.5) is 0 Å². The van der Waals surface area contributed by atoms with Crippen molar-refractivity contribution in [3.63, 3.8) is 0 Å². The van der Waals surface area contributed by atoms with E-state index in [9.17, 15) is 4.79 Å². The first-order chi connectivity index (χ1) is 11.2. The second-order valence-electron chi connectivity index (χ2n) is 5.81. The van der Waals surface area contributed by atoms with Gasteiger partial charge in [-0.05, 0) is 66.9 Å². The number of hydrogen-bond donors (Lipinski definition) is 2. The SMILES string of the molecule is O=C(NC1CC2CCC1N2)c1ccc(Sc2nnc(Cl)o2)cc1. The molecule has 1 aromatic carbocycles. The standard InChI is InChI=1S/C15H15ClN4O2S/c16-14-19-20-15(22-14)23-10-4-1-8(2-5-10)13(21)18-12-7-9-3-6-11(12)17-9/h1-2,4-5,9,11-12,17H,3,6-7H2,(H,18,21). The molecule has 120 valence electrons. The summed E-state index contributed by atoms with van der Waals surface area (Å²) in [7, 11) is 0. The number of carbonyl (C=O) groups is 1. The summed E-state index contributed by atoms with van der Waals surface area (Å²) in [5, 5.41) is 14.4. The van der Waals surface area contributed by atoms with E-state index in [2.05, 4.69) is 20.8 Å². The number of hydrogen-bond acceptors (Lipinski definition) is 6. The van der Waals surface area contributed by atoms with E-state index in [0.717, 1.165) is 17.7 Å². The predicted octanol–water partition coefficient (Wildman–Crippen LogP) is 2.50. The van der Waals surface area contributed by atoms with Gasteiger partial charge >= 0.3 is 5.35 Å². The van der Waals surface area contributed by atoms with Crippen LogP contribution in [0.25, 0.3) is 0 Å². The fraction of sp³-hybridized carbons (Fsp3) is 0.400. The average molecular weight is 351 g/mol. The lowest BCUT2D eigenvalue weighted by atomic mass is 9.95. The molecule has 2 fully saturated rings. The van der Waals surface area contributed by atoms with Crippen molar-refractivity contribution in [2.24, 2.45) is 0 Å². The van der Waals surface area contributed by atoms with Crippen LogP contribution in [0.1, 0.15) is 29.6 Å². The molecule has 1 aromatic heterocycles. The van der Waals surface area contributed by atoms with Gasteiger partial charge < -0.3 is 15.1 Å². The van der Waals surface area contributed by atoms with E-state index in [1.165, 1.54) is 18.2 Å². The molecule has 6 nitrogen and oxygen atoms in total. The molecule has 0 aliphatic carbocycles. The highest BCUT2D eigenvalue weighted by molar-refractivity contribution is 7.99. The number of rotatable bonds is 4. The first-order valence-electron chi connectivity index (χ1n) is 7.51. The lowest BCUT2D eigenvalue weighted by Gasteiger charge is -2.21. The summed E-state index contributed by atoms with van der Waals surface area (Å²) >= 11 is 6.89. The van der Waals surface area contributed by atoms with Crippen LogP contribution in [0.15, 0.2) is 38.8 Å². The summed E-state index contributed by atoms with van der Waals surface area (Å²) in [5.41, 5.74) is 0.653. The van der Waals surface area contributed by atoms with Gasteiger partial charge in [0.1, 0.15) is 0 Å². The Kier molecular flexibility index (Phi) is 4.00. The monoisotopic (exact) mass is 350 g/mol. The molecule has 4 rings (SSSR count). The number of aromatic nitrogens is 2. The number of nitrogens with zero attached hydrogens (tertiary/aromatic N) is 2. The normalized spacial score (nSPS) is 25.7. The molecule has 3 heterocycles. The van der Waals surface area contributed by atoms with E-state index in [0.29, 0.717) is 22.9 Å². The van der Waals surface area contributed by atoms with Crippen LogP contribution in [-0.2, 0) is 0 Å². The van der Waals surface area contributed by atoms with E-state index in [1.54, 1.807) is 12.1 Å². The Morgan fingerprint density at radius 3 is 2.74 bits per heavy atom. The third kappa shape index (κ3) is 3.22. The molecule has 2 N–H and O–H groups in total. The van der Waals surface area contributed by atoms with Crippen molar-refractivity contribution in [1.29, 1.82) is 0 Å². The van der Waals surface area contributed by atoms with Gasteiger partial charge in [0.15, 0.2) is 0 Å². The summed E-state index contributed by atoms with van der Waals surface area (Å²) in [6, 6.07) is 8.57. The molecule has 0 radical (unpaired) electrons. The molecule has 23 heavy (non-hydrogen) atoms. The zero-order valence-electron chi connectivity index (χ0n) is 12.2. The van der Waals surface area contributed by atoms with Gasteiger partial charge in [-0.1, -0.05) is 10.2 Å². The smallest absolute Gasteiger partial charge is 0.313 e. The highest BCUT2D eigenvalue weighted by Crippen LogP contribution is 2.29. The number of benzene rings is 1. The second-order valence-corrected chi connectivity index (χ2v) is 7.16. The Morgan fingerprint density at radius 2 is 2.13 bits per heavy atom. The minimum Gasteiger partial charge on any atom is -0.402 e. The Bertz CT molecular complexity index is 721. The van der Waals surface area contributed by atoms with Crippen LogP contribution >= 0.6 is 23.4 Å². The highest BCUT2D eigenvalue weighted by atomic mass is 35.5. The van der Waals surface area contributed by atoms with Crippen LogP contribution in [0.3, 0.4) is 0 Å². The number of amides is 1. The molecule has 2 aromatic rings. The number of carbonyl (C=O) groups excluding carboxylic acids is 1. The van der Waals surface area contributed by atoms with E-state index >= 15 is 0 Å². The Labute approximate surface area is 142 Å². The minimum absolute atomic E-state index is 0.0166. The number of nitrogens with one attached hydrogen (secondary N) is 2. The third-order valence-electron chi connectivity index (χ3n) is 4.32. The first kappa shape index (κ1) is 15.0. The largest absolute Gasteiger partial charge is 0.402 e. The van der Waals surface area contributed by atoms with Crippen molar-refractivity contribution >= 4 is 29.3 Å². The van der Waals surface area contributed by atoms with Gasteiger partial charge in [0.05, 0.1) is 0 Å². The Balaban J connectivity index is 1.38. The highest BCUT2D eigenvalue weighted by Gasteiger charge is 2.39. The van der Waals surface area contributed by atoms with Crippen LogP contribution < -0.4 is 10.6 Å². The summed E-state index contributed by atoms with van der Waals surface area (Å²) in [4.78, 5) is 13.3. The van der Waals surface area contributed by atoms with E-state index in [1.807, 2.05) is 12.1 Å². The van der Waals surface area contributed by atoms with Gasteiger partial charge in [-0.2, -0.15) is 0 Å². The zero-order valence-corrected chi connectivity index (χ0v) is 13.7. The summed E-state index contributed by atoms with van der Waals surface area (Å²) < 4.78 is 5.10. The van der Waals surface area contributed by atoms with Crippen molar-refractivity contribution in [3.05, 3.63) is 35.2 Å². The lowest BCUT2D eigenvalue weighted by molar-refractivity contribution is 0.0931. The average Bonchev–Trinajstić information content (AvgIpc) is 3.25. The summed E-state index contributed by atoms with van der Waals surface area (Å²) in [6.45, 7) is 0. The van der Waals surface area contributed by atoms with Crippen LogP contribution in [0, 0.1) is 0 Å². The van der Waals surface area contributed by atoms with Crippen molar-refractivity contribution in [2.45, 2.75) is 47.5 Å². The molecule has 3 atom stereocenters. The maximum atomic E-state index is 12.3. The Morgan fingerprint density at radius 1 is 1.30 bits per heavy atom. The van der Waals surface area contributed by atoms with Crippen molar-refractivity contribution in [2.75, 3.05) is 0 Å². The maximum absolute atomic E-state index is 12.3. The van der Waals surface area contributed by atoms with E-state index in [-0.39, 0.29) is 17.3 Å². The Hall–Kier alpha value is -1.57. The number of halogens is 1. The topological polar surface area (TPSA) is 80.0 Å². The molecule has 8 heteroatoms. The van der Waals surface area contributed by atoms with Gasteiger partial charge in [0, 0.05) is 28.6 Å². The maximum Gasteiger partial charge on any atom is 0.313 e. The first-order valence-corrected chi connectivity index (χ1v) is 8.70. The predicted molar refractivity (Wildman–Crippen MR) is 85.7 cm³/mol. The van der Waals surface area contributed by atoms with Crippen LogP contribution in [0.2, 0.25) is 5.35 Å². The third-order valence-corrected chi connectivity index (χ3v) is 5.32. The van der Waals surface area contributed by atoms with E-state index in [4.69, 9.17) is 16.0 Å². The molecule has 1 amide bonds. The molecule has 0 saturated carbocycles. The summed E-state index contributed by atoms with van der Waals surface area (Å²) in [5.74, 6) is -0.0262. The molecule has 2 aliphatic rings. The fourth-order valence-electron chi connectivity index (χ4n) is 3.24. The fourth-order valence-corrected chi connectivity index (χ4v) is 4.08. The minimum atomic E-state index is -0.0262. The molecule has 2 bridgehead atoms. The van der Waals surface area contributed by atoms with Gasteiger partial charge in [-0.15, -0.1) is 0 Å². The molecule has 0 spiro atoms. The van der Waals surface area contributed by atoms with Crippen LogP contribution in [0.5, 0.6) is 0 Å². The van der Waals surface area contributed by atoms with Gasteiger partial charge in [0.2, 0.25) is 0 Å². The molecular formula is C15H15ClN4O2S. The van der Waals surface area contributed by atoms with Crippen molar-refractivity contribution < 1.29 is 9.21 Å². The number of fused-ring (bicyclic) bond motifs is 2. The quantitative estimate of drug-likeness (QED) is 0.881. The van der Waals surface area contributed by atoms with Gasteiger partial charge in [-0.25, -0.2) is 0 Å². The molecule has 2 aliphatic heterocycles. The lowest BCUT2D eigenvalue weighted by Crippen LogP contribution is -2.42. The molecular weight excluding hydrogens is 336 g/mol. The van der Waals surface area contributed by atoms with Gasteiger partial charge in [-0.3, -0.25) is 4.79 Å². The van der Waals surface area contributed by atoms with Crippen LogP contribution in [-0.4, -0.2) is 34.2 Å². The van der Waals surface area contributed by atoms with Gasteiger partial charge in [0.25, 0.3) is 11.1 Å². The molecule has 3 unspecified atom stereocenters. The van der Waals surface area contributed by atoms with Crippen molar-refractivity contribution in [3.8, 4) is 0 Å². The van der Waals surface area contributed by atoms with Crippen molar-refractivity contribution in [1.82, 2.24) is 20.8 Å². The zero-order chi connectivity index (χ0) is 15.8.